The molecule has 2 N–H and O–H groups in total. The van der Waals surface area contributed by atoms with Gasteiger partial charge in [0, 0.05) is 18.7 Å². The van der Waals surface area contributed by atoms with E-state index in [-0.39, 0.29) is 5.91 Å². The van der Waals surface area contributed by atoms with Crippen LogP contribution in [0.1, 0.15) is 48.5 Å². The molecule has 1 amide bonds. The van der Waals surface area contributed by atoms with Crippen LogP contribution in [0.15, 0.2) is 24.3 Å². The topological polar surface area (TPSA) is 46.3 Å². The van der Waals surface area contributed by atoms with Crippen LogP contribution in [-0.2, 0) is 0 Å². The molecule has 3 heteroatoms. The molecule has 0 saturated carbocycles. The first-order valence-corrected chi connectivity index (χ1v) is 6.98. The number of rotatable bonds is 4. The van der Waals surface area contributed by atoms with E-state index in [0.717, 1.165) is 31.6 Å². The highest BCUT2D eigenvalue weighted by atomic mass is 16.1. The summed E-state index contributed by atoms with van der Waals surface area (Å²) in [7, 11) is 0. The number of amides is 1. The van der Waals surface area contributed by atoms with Crippen LogP contribution in [0.25, 0.3) is 0 Å². The molecule has 1 aliphatic heterocycles. The second-order valence-electron chi connectivity index (χ2n) is 5.73. The number of benzene rings is 1. The van der Waals surface area contributed by atoms with Crippen LogP contribution in [-0.4, -0.2) is 30.4 Å². The summed E-state index contributed by atoms with van der Waals surface area (Å²) in [6.07, 6.45) is 2.33. The molecule has 1 aromatic carbocycles. The third-order valence-electron chi connectivity index (χ3n) is 3.71. The number of likely N-dealkylation sites (tertiary alicyclic amines) is 1. The van der Waals surface area contributed by atoms with E-state index in [1.807, 2.05) is 18.2 Å². The summed E-state index contributed by atoms with van der Waals surface area (Å²) in [6, 6.07) is 7.77. The molecule has 1 aromatic rings. The molecule has 0 aliphatic carbocycles. The Kier molecular flexibility index (Phi) is 4.59. The zero-order chi connectivity index (χ0) is 13.8. The van der Waals surface area contributed by atoms with Crippen LogP contribution in [0.5, 0.6) is 0 Å². The van der Waals surface area contributed by atoms with Crippen molar-refractivity contribution in [3.8, 4) is 0 Å². The number of hydrogen-bond acceptors (Lipinski definition) is 2. The third-order valence-corrected chi connectivity index (χ3v) is 3.71. The van der Waals surface area contributed by atoms with Crippen LogP contribution >= 0.6 is 0 Å². The van der Waals surface area contributed by atoms with Crippen molar-refractivity contribution in [3.05, 3.63) is 41.3 Å². The number of piperidine rings is 1. The Labute approximate surface area is 115 Å². The first-order chi connectivity index (χ1) is 9.08. The van der Waals surface area contributed by atoms with Crippen molar-refractivity contribution in [3.63, 3.8) is 0 Å². The molecule has 0 spiro atoms. The fraction of sp³-hybridized carbons (Fsp3) is 0.500. The van der Waals surface area contributed by atoms with Crippen molar-refractivity contribution in [1.29, 1.82) is 0 Å². The maximum absolute atomic E-state index is 11.5. The van der Waals surface area contributed by atoms with Crippen LogP contribution in [0.4, 0.5) is 0 Å². The Morgan fingerprint density at radius 2 is 2.11 bits per heavy atom. The molecule has 2 rings (SSSR count). The van der Waals surface area contributed by atoms with E-state index in [2.05, 4.69) is 24.8 Å². The number of nitrogens with two attached hydrogens (primary N) is 1. The maximum Gasteiger partial charge on any atom is 0.248 e. The minimum Gasteiger partial charge on any atom is -0.366 e. The van der Waals surface area contributed by atoms with Gasteiger partial charge in [0.25, 0.3) is 0 Å². The van der Waals surface area contributed by atoms with Gasteiger partial charge in [0.15, 0.2) is 0 Å². The Morgan fingerprint density at radius 1 is 1.37 bits per heavy atom. The number of carbonyl (C=O) groups excluding carboxylic acids is 1. The van der Waals surface area contributed by atoms with Gasteiger partial charge < -0.3 is 10.6 Å². The molecule has 103 valence electrons. The van der Waals surface area contributed by atoms with Crippen LogP contribution in [0.3, 0.4) is 0 Å². The molecule has 1 saturated heterocycles. The fourth-order valence-electron chi connectivity index (χ4n) is 2.98. The number of hydrogen-bond donors (Lipinski definition) is 1. The van der Waals surface area contributed by atoms with Crippen molar-refractivity contribution in [2.45, 2.75) is 32.6 Å². The average molecular weight is 259 g/mol. The van der Waals surface area contributed by atoms with E-state index >= 15 is 0 Å². The van der Waals surface area contributed by atoms with Crippen molar-refractivity contribution in [2.75, 3.05) is 19.6 Å². The normalized spacial score (nSPS) is 20.7. The quantitative estimate of drug-likeness (QED) is 0.903. The molecular formula is C16H23N2O. The summed E-state index contributed by atoms with van der Waals surface area (Å²) in [5.74, 6) is 1.55. The molecule has 1 unspecified atom stereocenters. The molecule has 1 radical (unpaired) electrons. The van der Waals surface area contributed by atoms with E-state index in [0.29, 0.717) is 11.5 Å². The minimum atomic E-state index is -0.314. The smallest absolute Gasteiger partial charge is 0.248 e. The summed E-state index contributed by atoms with van der Waals surface area (Å²) in [6.45, 7) is 7.56. The monoisotopic (exact) mass is 259 g/mol. The molecule has 1 atom stereocenters. The fourth-order valence-corrected chi connectivity index (χ4v) is 2.98. The van der Waals surface area contributed by atoms with Crippen molar-refractivity contribution < 1.29 is 4.79 Å². The summed E-state index contributed by atoms with van der Waals surface area (Å²) in [5.41, 5.74) is 7.29. The van der Waals surface area contributed by atoms with Gasteiger partial charge in [0.05, 0.1) is 0 Å². The predicted octanol–water partition coefficient (Wildman–Crippen LogP) is 2.58. The molecule has 3 nitrogen and oxygen atoms in total. The van der Waals surface area contributed by atoms with E-state index in [1.165, 1.54) is 12.3 Å². The number of primary amides is 1. The van der Waals surface area contributed by atoms with Crippen LogP contribution < -0.4 is 5.73 Å². The first-order valence-electron chi connectivity index (χ1n) is 6.98. The van der Waals surface area contributed by atoms with E-state index in [9.17, 15) is 4.79 Å². The van der Waals surface area contributed by atoms with E-state index < -0.39 is 0 Å². The van der Waals surface area contributed by atoms with Gasteiger partial charge in [-0.25, -0.2) is 0 Å². The maximum atomic E-state index is 11.5. The van der Waals surface area contributed by atoms with Crippen molar-refractivity contribution in [1.82, 2.24) is 4.90 Å². The Balaban J connectivity index is 2.15. The summed E-state index contributed by atoms with van der Waals surface area (Å²) >= 11 is 0. The highest BCUT2D eigenvalue weighted by Crippen LogP contribution is 2.29. The highest BCUT2D eigenvalue weighted by molar-refractivity contribution is 5.94. The zero-order valence-corrected chi connectivity index (χ0v) is 11.9. The minimum absolute atomic E-state index is 0.314. The highest BCUT2D eigenvalue weighted by Gasteiger charge is 2.24. The van der Waals surface area contributed by atoms with Gasteiger partial charge in [0.1, 0.15) is 0 Å². The third kappa shape index (κ3) is 3.57. The number of carbonyl (C=O) groups is 1. The van der Waals surface area contributed by atoms with Gasteiger partial charge in [-0.15, -0.1) is 0 Å². The lowest BCUT2D eigenvalue weighted by molar-refractivity contribution is 0.0998. The van der Waals surface area contributed by atoms with E-state index in [1.54, 1.807) is 0 Å². The zero-order valence-electron chi connectivity index (χ0n) is 11.9. The SMILES string of the molecule is C[C](C)CN1CCCC(c2ccccc2C(N)=O)C1. The lowest BCUT2D eigenvalue weighted by atomic mass is 9.87. The Morgan fingerprint density at radius 3 is 2.79 bits per heavy atom. The van der Waals surface area contributed by atoms with Gasteiger partial charge in [-0.05, 0) is 42.9 Å². The van der Waals surface area contributed by atoms with Crippen LogP contribution in [0.2, 0.25) is 0 Å². The average Bonchev–Trinajstić information content (AvgIpc) is 2.38. The number of nitrogens with zero attached hydrogens (tertiary/aromatic N) is 1. The van der Waals surface area contributed by atoms with Gasteiger partial charge in [-0.3, -0.25) is 4.79 Å². The predicted molar refractivity (Wildman–Crippen MR) is 78.0 cm³/mol. The van der Waals surface area contributed by atoms with Crippen LogP contribution in [0, 0.1) is 5.92 Å². The van der Waals surface area contributed by atoms with Gasteiger partial charge >= 0.3 is 0 Å². The van der Waals surface area contributed by atoms with E-state index in [4.69, 9.17) is 5.73 Å². The van der Waals surface area contributed by atoms with Gasteiger partial charge in [-0.1, -0.05) is 32.0 Å². The lowest BCUT2D eigenvalue weighted by Gasteiger charge is -2.34. The summed E-state index contributed by atoms with van der Waals surface area (Å²) in [5, 5.41) is 0. The molecule has 0 bridgehead atoms. The summed E-state index contributed by atoms with van der Waals surface area (Å²) < 4.78 is 0. The summed E-state index contributed by atoms with van der Waals surface area (Å²) in [4.78, 5) is 14.0. The molecule has 0 aromatic heterocycles. The van der Waals surface area contributed by atoms with Gasteiger partial charge in [-0.2, -0.15) is 0 Å². The second kappa shape index (κ2) is 6.20. The Hall–Kier alpha value is -1.35. The molecular weight excluding hydrogens is 236 g/mol. The molecule has 19 heavy (non-hydrogen) atoms. The lowest BCUT2D eigenvalue weighted by Crippen LogP contribution is -2.37. The first kappa shape index (κ1) is 14.1. The standard InChI is InChI=1S/C16H23N2O/c1-12(2)10-18-9-5-6-13(11-18)14-7-3-4-8-15(14)16(17)19/h3-4,7-8,13H,5-6,9-11H2,1-2H3,(H2,17,19). The molecule has 1 heterocycles. The second-order valence-corrected chi connectivity index (χ2v) is 5.73. The van der Waals surface area contributed by atoms with Gasteiger partial charge in [0.2, 0.25) is 5.91 Å². The Bertz CT molecular complexity index is 442. The molecule has 1 aliphatic rings. The molecule has 1 fully saturated rings. The van der Waals surface area contributed by atoms with Crippen molar-refractivity contribution >= 4 is 5.91 Å². The van der Waals surface area contributed by atoms with Crippen molar-refractivity contribution in [2.24, 2.45) is 5.73 Å². The largest absolute Gasteiger partial charge is 0.366 e.